The van der Waals surface area contributed by atoms with Crippen molar-refractivity contribution in [1.29, 1.82) is 0 Å². The minimum atomic E-state index is -1.99. The summed E-state index contributed by atoms with van der Waals surface area (Å²) < 4.78 is 47.5. The third-order valence-electron chi connectivity index (χ3n) is 4.22. The number of carbonyl (C=O) groups excluding carboxylic acids is 2. The number of nitrogens with zero attached hydrogens (tertiary/aromatic N) is 1. The highest BCUT2D eigenvalue weighted by Gasteiger charge is 2.37. The number of ketones is 1. The molecule has 0 saturated heterocycles. The van der Waals surface area contributed by atoms with E-state index in [4.69, 9.17) is 4.74 Å². The molecule has 0 aliphatic carbocycles. The van der Waals surface area contributed by atoms with Crippen LogP contribution in [0.5, 0.6) is 0 Å². The van der Waals surface area contributed by atoms with Crippen LogP contribution in [0.2, 0.25) is 0 Å². The molecule has 0 aliphatic heterocycles. The Morgan fingerprint density at radius 3 is 2.35 bits per heavy atom. The van der Waals surface area contributed by atoms with Crippen LogP contribution >= 0.6 is 0 Å². The summed E-state index contributed by atoms with van der Waals surface area (Å²) in [5.74, 6) is -8.11. The molecule has 164 valence electrons. The Morgan fingerprint density at radius 1 is 1.13 bits per heavy atom. The average Bonchev–Trinajstić information content (AvgIpc) is 2.75. The molecule has 0 bridgehead atoms. The summed E-state index contributed by atoms with van der Waals surface area (Å²) in [6.07, 6.45) is 1.32. The lowest BCUT2D eigenvalue weighted by Gasteiger charge is -2.11. The molecule has 31 heavy (non-hydrogen) atoms. The van der Waals surface area contributed by atoms with Gasteiger partial charge in [0, 0.05) is 18.3 Å². The van der Waals surface area contributed by atoms with E-state index >= 15 is 0 Å². The fourth-order valence-corrected chi connectivity index (χ4v) is 2.64. The van der Waals surface area contributed by atoms with E-state index in [1.54, 1.807) is 37.3 Å². The van der Waals surface area contributed by atoms with Gasteiger partial charge in [0.2, 0.25) is 11.6 Å². The minimum Gasteiger partial charge on any atom is -0.462 e. The zero-order chi connectivity index (χ0) is 23.1. The molecule has 7 nitrogen and oxygen atoms in total. The maximum Gasteiger partial charge on any atom is 0.343 e. The molecular weight excluding hydrogens is 417 g/mol. The number of benzene rings is 2. The van der Waals surface area contributed by atoms with Crippen LogP contribution in [-0.4, -0.2) is 23.3 Å². The number of ether oxygens (including phenoxy) is 1. The van der Waals surface area contributed by atoms with Gasteiger partial charge in [0.25, 0.3) is 0 Å². The van der Waals surface area contributed by atoms with Crippen LogP contribution in [0.15, 0.2) is 42.1 Å². The molecule has 0 saturated carbocycles. The normalized spacial score (nSPS) is 11.2. The van der Waals surface area contributed by atoms with Gasteiger partial charge in [0.15, 0.2) is 5.82 Å². The third kappa shape index (κ3) is 5.27. The standard InChI is InChI=1S/C21H19F3N2O5/c1-3-9-31-21(28)14(11-25-10-13-7-5-4-6-8-13)20(27)15-16(22)12(2)17(23)18(24)19(15)26(29)30/h4-8,11,25H,3,9-10H2,1-2H3/b14-11+. The van der Waals surface area contributed by atoms with Crippen LogP contribution in [-0.2, 0) is 16.1 Å². The molecular formula is C21H19F3N2O5. The van der Waals surface area contributed by atoms with Crippen molar-refractivity contribution in [2.24, 2.45) is 0 Å². The lowest BCUT2D eigenvalue weighted by molar-refractivity contribution is -0.388. The number of halogens is 3. The van der Waals surface area contributed by atoms with E-state index in [2.05, 4.69) is 5.32 Å². The van der Waals surface area contributed by atoms with Gasteiger partial charge in [-0.25, -0.2) is 13.6 Å². The Balaban J connectivity index is 2.53. The predicted octanol–water partition coefficient (Wildman–Crippen LogP) is 4.13. The zero-order valence-corrected chi connectivity index (χ0v) is 16.7. The molecule has 0 heterocycles. The van der Waals surface area contributed by atoms with Crippen molar-refractivity contribution >= 4 is 17.4 Å². The molecule has 0 amide bonds. The summed E-state index contributed by atoms with van der Waals surface area (Å²) in [6, 6.07) is 8.79. The molecule has 0 radical (unpaired) electrons. The van der Waals surface area contributed by atoms with Gasteiger partial charge < -0.3 is 10.1 Å². The number of carbonyl (C=O) groups is 2. The lowest BCUT2D eigenvalue weighted by atomic mass is 9.98. The quantitative estimate of drug-likeness (QED) is 0.0928. The molecule has 2 aromatic rings. The second-order valence-corrected chi connectivity index (χ2v) is 6.44. The fourth-order valence-electron chi connectivity index (χ4n) is 2.64. The van der Waals surface area contributed by atoms with Crippen molar-refractivity contribution in [3.63, 3.8) is 0 Å². The second-order valence-electron chi connectivity index (χ2n) is 6.44. The number of nitrogens with one attached hydrogen (secondary N) is 1. The van der Waals surface area contributed by atoms with Gasteiger partial charge >= 0.3 is 11.7 Å². The van der Waals surface area contributed by atoms with Crippen molar-refractivity contribution in [1.82, 2.24) is 5.32 Å². The average molecular weight is 436 g/mol. The largest absolute Gasteiger partial charge is 0.462 e. The van der Waals surface area contributed by atoms with Crippen LogP contribution in [0.4, 0.5) is 18.9 Å². The lowest BCUT2D eigenvalue weighted by Crippen LogP contribution is -2.23. The van der Waals surface area contributed by atoms with E-state index in [9.17, 15) is 32.9 Å². The van der Waals surface area contributed by atoms with E-state index in [-0.39, 0.29) is 13.2 Å². The highest BCUT2D eigenvalue weighted by atomic mass is 19.2. The second kappa shape index (κ2) is 10.4. The van der Waals surface area contributed by atoms with Crippen LogP contribution in [0.3, 0.4) is 0 Å². The maximum absolute atomic E-state index is 14.6. The molecule has 2 rings (SSSR count). The zero-order valence-electron chi connectivity index (χ0n) is 16.7. The maximum atomic E-state index is 14.6. The Morgan fingerprint density at radius 2 is 1.77 bits per heavy atom. The van der Waals surface area contributed by atoms with Crippen molar-refractivity contribution in [2.45, 2.75) is 26.8 Å². The summed E-state index contributed by atoms with van der Waals surface area (Å²) in [7, 11) is 0. The molecule has 0 atom stereocenters. The Bertz CT molecular complexity index is 1040. The molecule has 0 aliphatic rings. The SMILES string of the molecule is CCCOC(=O)/C(=C/NCc1ccccc1)C(=O)c1c(F)c(C)c(F)c(F)c1[N+](=O)[O-]. The van der Waals surface area contributed by atoms with E-state index in [1.807, 2.05) is 0 Å². The smallest absolute Gasteiger partial charge is 0.343 e. The van der Waals surface area contributed by atoms with Crippen molar-refractivity contribution in [3.8, 4) is 0 Å². The number of Topliss-reactive ketones (excluding diaryl/α,β-unsaturated/α-hetero) is 1. The molecule has 10 heteroatoms. The summed E-state index contributed by atoms with van der Waals surface area (Å²) in [4.78, 5) is 35.1. The van der Waals surface area contributed by atoms with E-state index in [0.717, 1.165) is 18.7 Å². The first-order chi connectivity index (χ1) is 14.7. The first-order valence-electron chi connectivity index (χ1n) is 9.21. The highest BCUT2D eigenvalue weighted by Crippen LogP contribution is 2.32. The van der Waals surface area contributed by atoms with Crippen LogP contribution in [0.25, 0.3) is 0 Å². The molecule has 1 N–H and O–H groups in total. The van der Waals surface area contributed by atoms with E-state index in [1.165, 1.54) is 0 Å². The van der Waals surface area contributed by atoms with Gasteiger partial charge in [-0.05, 0) is 18.9 Å². The highest BCUT2D eigenvalue weighted by molar-refractivity contribution is 6.25. The molecule has 0 unspecified atom stereocenters. The van der Waals surface area contributed by atoms with Gasteiger partial charge in [-0.2, -0.15) is 4.39 Å². The first kappa shape index (κ1) is 23.6. The molecule has 0 aromatic heterocycles. The van der Waals surface area contributed by atoms with Gasteiger partial charge in [0.05, 0.1) is 11.5 Å². The summed E-state index contributed by atoms with van der Waals surface area (Å²) in [5, 5.41) is 13.9. The number of rotatable bonds is 9. The van der Waals surface area contributed by atoms with Crippen molar-refractivity contribution < 1.29 is 32.4 Å². The number of nitro benzene ring substituents is 1. The summed E-state index contributed by atoms with van der Waals surface area (Å²) in [5.41, 5.74) is -4.00. The fraction of sp³-hybridized carbons (Fsp3) is 0.238. The van der Waals surface area contributed by atoms with Gasteiger partial charge in [-0.3, -0.25) is 14.9 Å². The van der Waals surface area contributed by atoms with Crippen molar-refractivity contribution in [2.75, 3.05) is 6.61 Å². The van der Waals surface area contributed by atoms with Crippen LogP contribution < -0.4 is 5.32 Å². The molecule has 0 spiro atoms. The number of nitro groups is 1. The number of hydrogen-bond donors (Lipinski definition) is 1. The van der Waals surface area contributed by atoms with E-state index in [0.29, 0.717) is 6.42 Å². The monoisotopic (exact) mass is 436 g/mol. The summed E-state index contributed by atoms with van der Waals surface area (Å²) >= 11 is 0. The van der Waals surface area contributed by atoms with Gasteiger partial charge in [0.1, 0.15) is 17.0 Å². The number of esters is 1. The third-order valence-corrected chi connectivity index (χ3v) is 4.22. The Kier molecular flexibility index (Phi) is 7.89. The molecule has 0 fully saturated rings. The topological polar surface area (TPSA) is 98.5 Å². The Labute approximate surface area is 175 Å². The Hall–Kier alpha value is -3.69. The van der Waals surface area contributed by atoms with Crippen LogP contribution in [0, 0.1) is 34.5 Å². The minimum absolute atomic E-state index is 0.0798. The van der Waals surface area contributed by atoms with Gasteiger partial charge in [-0.1, -0.05) is 37.3 Å². The first-order valence-corrected chi connectivity index (χ1v) is 9.21. The molecule has 2 aromatic carbocycles. The van der Waals surface area contributed by atoms with E-state index < -0.39 is 56.5 Å². The number of hydrogen-bond acceptors (Lipinski definition) is 6. The summed E-state index contributed by atoms with van der Waals surface area (Å²) in [6.45, 7) is 2.58. The predicted molar refractivity (Wildman–Crippen MR) is 105 cm³/mol. The van der Waals surface area contributed by atoms with Crippen molar-refractivity contribution in [3.05, 3.63) is 86.4 Å². The van der Waals surface area contributed by atoms with Crippen LogP contribution in [0.1, 0.15) is 34.8 Å². The van der Waals surface area contributed by atoms with Gasteiger partial charge in [-0.15, -0.1) is 0 Å².